The number of aliphatic carboxylic acids is 1. The molecule has 0 saturated carbocycles. The summed E-state index contributed by atoms with van der Waals surface area (Å²) in [5.41, 5.74) is 5.85. The van der Waals surface area contributed by atoms with Gasteiger partial charge >= 0.3 is 5.97 Å². The minimum Gasteiger partial charge on any atom is -0.480 e. The van der Waals surface area contributed by atoms with Crippen LogP contribution in [0, 0.1) is 17.8 Å². The molecule has 10 nitrogen and oxygen atoms in total. The van der Waals surface area contributed by atoms with Crippen LogP contribution in [0.4, 0.5) is 0 Å². The Bertz CT molecular complexity index is 608. The van der Waals surface area contributed by atoms with Gasteiger partial charge in [-0.05, 0) is 24.7 Å². The van der Waals surface area contributed by atoms with E-state index in [1.807, 2.05) is 6.92 Å². The second-order valence-electron chi connectivity index (χ2n) is 8.44. The van der Waals surface area contributed by atoms with Crippen molar-refractivity contribution >= 4 is 23.7 Å². The number of carboxylic acid groups (broad SMARTS) is 1. The lowest BCUT2D eigenvalue weighted by molar-refractivity contribution is -0.145. The molecule has 30 heavy (non-hydrogen) atoms. The van der Waals surface area contributed by atoms with Gasteiger partial charge in [0.15, 0.2) is 6.04 Å². The molecule has 0 aliphatic rings. The molecule has 0 spiro atoms. The van der Waals surface area contributed by atoms with Crippen LogP contribution in [0.1, 0.15) is 54.9 Å². The Hall–Kier alpha value is -2.20. The van der Waals surface area contributed by atoms with Crippen molar-refractivity contribution in [2.24, 2.45) is 23.5 Å². The van der Waals surface area contributed by atoms with E-state index >= 15 is 0 Å². The Morgan fingerprint density at radius 2 is 1.20 bits per heavy atom. The monoisotopic (exact) mass is 430 g/mol. The van der Waals surface area contributed by atoms with E-state index < -0.39 is 54.0 Å². The van der Waals surface area contributed by atoms with Crippen LogP contribution in [0.5, 0.6) is 0 Å². The molecule has 0 rings (SSSR count). The minimum absolute atomic E-state index is 0.118. The highest BCUT2D eigenvalue weighted by Crippen LogP contribution is 2.11. The van der Waals surface area contributed by atoms with Gasteiger partial charge in [-0.2, -0.15) is 0 Å². The standard InChI is InChI=1S/C20H38N4O6/c1-8-11(6)15(19(28)24-16(12(7)25)20(29)30)23-18(27)14(10(4)5)22-17(26)13(21)9(2)3/h9-16,25H,8,21H2,1-7H3,(H,22,26)(H,23,27)(H,24,28)(H,29,30). The van der Waals surface area contributed by atoms with E-state index in [0.717, 1.165) is 0 Å². The fourth-order valence-corrected chi connectivity index (χ4v) is 2.66. The maximum absolute atomic E-state index is 12.9. The van der Waals surface area contributed by atoms with Gasteiger partial charge < -0.3 is 31.9 Å². The third-order valence-corrected chi connectivity index (χ3v) is 5.11. The number of rotatable bonds is 12. The first kappa shape index (κ1) is 27.8. The molecule has 0 bridgehead atoms. The molecule has 3 amide bonds. The molecule has 174 valence electrons. The summed E-state index contributed by atoms with van der Waals surface area (Å²) in [5.74, 6) is -3.87. The van der Waals surface area contributed by atoms with Crippen LogP contribution in [0.25, 0.3) is 0 Å². The van der Waals surface area contributed by atoms with Gasteiger partial charge in [-0.25, -0.2) is 4.79 Å². The third-order valence-electron chi connectivity index (χ3n) is 5.11. The molecule has 0 aliphatic heterocycles. The van der Waals surface area contributed by atoms with Crippen molar-refractivity contribution in [3.63, 3.8) is 0 Å². The maximum Gasteiger partial charge on any atom is 0.328 e. The molecule has 0 aromatic carbocycles. The average molecular weight is 431 g/mol. The third kappa shape index (κ3) is 8.27. The lowest BCUT2D eigenvalue weighted by Crippen LogP contribution is -2.60. The smallest absolute Gasteiger partial charge is 0.328 e. The zero-order chi connectivity index (χ0) is 23.8. The van der Waals surface area contributed by atoms with Crippen LogP contribution in [0.15, 0.2) is 0 Å². The van der Waals surface area contributed by atoms with Crippen LogP contribution in [-0.2, 0) is 19.2 Å². The number of hydrogen-bond acceptors (Lipinski definition) is 6. The molecule has 0 saturated heterocycles. The first-order chi connectivity index (χ1) is 13.7. The average Bonchev–Trinajstić information content (AvgIpc) is 2.65. The first-order valence-electron chi connectivity index (χ1n) is 10.3. The zero-order valence-corrected chi connectivity index (χ0v) is 18.9. The van der Waals surface area contributed by atoms with Gasteiger partial charge in [-0.3, -0.25) is 14.4 Å². The van der Waals surface area contributed by atoms with Crippen LogP contribution >= 0.6 is 0 Å². The highest BCUT2D eigenvalue weighted by Gasteiger charge is 2.34. The normalized spacial score (nSPS) is 17.4. The summed E-state index contributed by atoms with van der Waals surface area (Å²) in [6.07, 6.45) is -0.790. The lowest BCUT2D eigenvalue weighted by atomic mass is 9.95. The summed E-state index contributed by atoms with van der Waals surface area (Å²) in [6.45, 7) is 11.9. The van der Waals surface area contributed by atoms with Crippen LogP contribution in [-0.4, -0.2) is 64.2 Å². The fourth-order valence-electron chi connectivity index (χ4n) is 2.66. The van der Waals surface area contributed by atoms with E-state index in [1.165, 1.54) is 6.92 Å². The highest BCUT2D eigenvalue weighted by molar-refractivity contribution is 5.94. The SMILES string of the molecule is CCC(C)C(NC(=O)C(NC(=O)C(N)C(C)C)C(C)C)C(=O)NC(C(=O)O)C(C)O. The number of amides is 3. The predicted molar refractivity (Wildman–Crippen MR) is 112 cm³/mol. The zero-order valence-electron chi connectivity index (χ0n) is 18.9. The first-order valence-corrected chi connectivity index (χ1v) is 10.3. The van der Waals surface area contributed by atoms with Crippen molar-refractivity contribution in [1.82, 2.24) is 16.0 Å². The van der Waals surface area contributed by atoms with E-state index in [4.69, 9.17) is 5.73 Å². The molecule has 10 heteroatoms. The Morgan fingerprint density at radius 1 is 0.767 bits per heavy atom. The number of aliphatic hydroxyl groups is 1. The summed E-state index contributed by atoms with van der Waals surface area (Å²) in [5, 5.41) is 26.3. The Kier molecular flexibility index (Phi) is 11.6. The molecule has 7 N–H and O–H groups in total. The number of carboxylic acids is 1. The summed E-state index contributed by atoms with van der Waals surface area (Å²) >= 11 is 0. The van der Waals surface area contributed by atoms with E-state index in [0.29, 0.717) is 6.42 Å². The number of nitrogens with two attached hydrogens (primary N) is 1. The summed E-state index contributed by atoms with van der Waals surface area (Å²) < 4.78 is 0. The van der Waals surface area contributed by atoms with Crippen molar-refractivity contribution in [1.29, 1.82) is 0 Å². The molecular weight excluding hydrogens is 392 g/mol. The molecule has 0 aromatic heterocycles. The maximum atomic E-state index is 12.9. The van der Waals surface area contributed by atoms with Crippen molar-refractivity contribution in [2.45, 2.75) is 85.2 Å². The van der Waals surface area contributed by atoms with Gasteiger partial charge in [0.25, 0.3) is 0 Å². The summed E-state index contributed by atoms with van der Waals surface area (Å²) in [4.78, 5) is 49.2. The molecule has 0 aromatic rings. The number of hydrogen-bond donors (Lipinski definition) is 6. The molecular formula is C20H38N4O6. The van der Waals surface area contributed by atoms with Gasteiger partial charge in [0.1, 0.15) is 12.1 Å². The van der Waals surface area contributed by atoms with Gasteiger partial charge in [-0.15, -0.1) is 0 Å². The molecule has 0 fully saturated rings. The fraction of sp³-hybridized carbons (Fsp3) is 0.800. The second-order valence-corrected chi connectivity index (χ2v) is 8.44. The number of carbonyl (C=O) groups excluding carboxylic acids is 3. The van der Waals surface area contributed by atoms with Crippen molar-refractivity contribution in [3.8, 4) is 0 Å². The Balaban J connectivity index is 5.51. The van der Waals surface area contributed by atoms with Crippen molar-refractivity contribution in [2.75, 3.05) is 0 Å². The van der Waals surface area contributed by atoms with Gasteiger partial charge in [-0.1, -0.05) is 48.0 Å². The van der Waals surface area contributed by atoms with Gasteiger partial charge in [0.05, 0.1) is 12.1 Å². The quantitative estimate of drug-likeness (QED) is 0.244. The van der Waals surface area contributed by atoms with Crippen LogP contribution < -0.4 is 21.7 Å². The van der Waals surface area contributed by atoms with E-state index in [1.54, 1.807) is 34.6 Å². The van der Waals surface area contributed by atoms with E-state index in [9.17, 15) is 29.4 Å². The molecule has 6 atom stereocenters. The van der Waals surface area contributed by atoms with Crippen LogP contribution in [0.2, 0.25) is 0 Å². The molecule has 0 radical (unpaired) electrons. The van der Waals surface area contributed by atoms with Crippen LogP contribution in [0.3, 0.4) is 0 Å². The van der Waals surface area contributed by atoms with Crippen molar-refractivity contribution < 1.29 is 29.4 Å². The van der Waals surface area contributed by atoms with Crippen molar-refractivity contribution in [3.05, 3.63) is 0 Å². The number of carbonyl (C=O) groups is 4. The predicted octanol–water partition coefficient (Wildman–Crippen LogP) is -0.408. The van der Waals surface area contributed by atoms with Gasteiger partial charge in [0.2, 0.25) is 17.7 Å². The highest BCUT2D eigenvalue weighted by atomic mass is 16.4. The largest absolute Gasteiger partial charge is 0.480 e. The Labute approximate surface area is 178 Å². The number of aliphatic hydroxyl groups excluding tert-OH is 1. The van der Waals surface area contributed by atoms with E-state index in [-0.39, 0.29) is 17.8 Å². The summed E-state index contributed by atoms with van der Waals surface area (Å²) in [7, 11) is 0. The molecule has 0 aliphatic carbocycles. The van der Waals surface area contributed by atoms with Gasteiger partial charge in [0, 0.05) is 0 Å². The lowest BCUT2D eigenvalue weighted by Gasteiger charge is -2.30. The topological polar surface area (TPSA) is 171 Å². The molecule has 6 unspecified atom stereocenters. The second kappa shape index (κ2) is 12.5. The molecule has 0 heterocycles. The Morgan fingerprint density at radius 3 is 1.57 bits per heavy atom. The number of nitrogens with one attached hydrogen (secondary N) is 3. The van der Waals surface area contributed by atoms with E-state index in [2.05, 4.69) is 16.0 Å². The minimum atomic E-state index is -1.51. The summed E-state index contributed by atoms with van der Waals surface area (Å²) in [6, 6.07) is -4.26.